The van der Waals surface area contributed by atoms with Crippen LogP contribution in [0, 0.1) is 6.92 Å². The van der Waals surface area contributed by atoms with Gasteiger partial charge in [-0.25, -0.2) is 0 Å². The van der Waals surface area contributed by atoms with Gasteiger partial charge in [-0.05, 0) is 48.3 Å². The van der Waals surface area contributed by atoms with Gasteiger partial charge in [0.25, 0.3) is 0 Å². The lowest BCUT2D eigenvalue weighted by Crippen LogP contribution is -1.89. The van der Waals surface area contributed by atoms with Crippen LogP contribution in [0.4, 0.5) is 0 Å². The SMILES string of the molecule is C/C(=C\C=C(/C)c1ccc(P)cc1)c1ccc(C)cc1.CC. The fourth-order valence-corrected chi connectivity index (χ4v) is 2.20. The summed E-state index contributed by atoms with van der Waals surface area (Å²) >= 11 is 0. The number of aryl methyl sites for hydroxylation is 1. The molecule has 0 fully saturated rings. The molecule has 0 bridgehead atoms. The molecule has 0 aliphatic rings. The largest absolute Gasteiger partial charge is 0.106 e. The summed E-state index contributed by atoms with van der Waals surface area (Å²) in [7, 11) is 2.71. The van der Waals surface area contributed by atoms with Crippen LogP contribution in [-0.4, -0.2) is 0 Å². The number of allylic oxidation sites excluding steroid dienone is 4. The highest BCUT2D eigenvalue weighted by Crippen LogP contribution is 2.17. The first-order chi connectivity index (χ1) is 10.6. The Morgan fingerprint density at radius 3 is 1.50 bits per heavy atom. The van der Waals surface area contributed by atoms with Crippen molar-refractivity contribution in [2.24, 2.45) is 0 Å². The zero-order valence-electron chi connectivity index (χ0n) is 14.4. The second-order valence-electron chi connectivity index (χ2n) is 5.19. The van der Waals surface area contributed by atoms with Crippen molar-refractivity contribution in [3.63, 3.8) is 0 Å². The monoisotopic (exact) mass is 310 g/mol. The van der Waals surface area contributed by atoms with Crippen LogP contribution in [0.5, 0.6) is 0 Å². The maximum absolute atomic E-state index is 2.71. The highest BCUT2D eigenvalue weighted by molar-refractivity contribution is 7.27. The summed E-state index contributed by atoms with van der Waals surface area (Å²) in [6, 6.07) is 17.2. The summed E-state index contributed by atoms with van der Waals surface area (Å²) in [5.41, 5.74) is 6.41. The van der Waals surface area contributed by atoms with E-state index in [-0.39, 0.29) is 0 Å². The Bertz CT molecular complexity index is 569. The van der Waals surface area contributed by atoms with Crippen molar-refractivity contribution in [3.05, 3.63) is 77.4 Å². The summed E-state index contributed by atoms with van der Waals surface area (Å²) in [6.45, 7) is 10.4. The molecule has 1 atom stereocenters. The van der Waals surface area contributed by atoms with Gasteiger partial charge in [-0.15, -0.1) is 9.24 Å². The molecular formula is C21H27P. The van der Waals surface area contributed by atoms with E-state index in [2.05, 4.69) is 90.7 Å². The molecule has 0 saturated heterocycles. The Morgan fingerprint density at radius 1 is 0.727 bits per heavy atom. The normalized spacial score (nSPS) is 11.7. The van der Waals surface area contributed by atoms with E-state index in [9.17, 15) is 0 Å². The van der Waals surface area contributed by atoms with Crippen molar-refractivity contribution in [2.75, 3.05) is 0 Å². The first kappa shape index (κ1) is 18.4. The molecule has 0 heterocycles. The van der Waals surface area contributed by atoms with Crippen molar-refractivity contribution >= 4 is 25.7 Å². The molecule has 0 amide bonds. The molecule has 0 nitrogen and oxygen atoms in total. The third kappa shape index (κ3) is 5.62. The fourth-order valence-electron chi connectivity index (χ4n) is 2.00. The average Bonchev–Trinajstić information content (AvgIpc) is 2.55. The van der Waals surface area contributed by atoms with Gasteiger partial charge < -0.3 is 0 Å². The molecule has 2 aromatic rings. The van der Waals surface area contributed by atoms with E-state index in [0.29, 0.717) is 0 Å². The maximum Gasteiger partial charge on any atom is -0.0227 e. The van der Waals surface area contributed by atoms with E-state index in [1.54, 1.807) is 0 Å². The molecule has 1 unspecified atom stereocenters. The van der Waals surface area contributed by atoms with Crippen molar-refractivity contribution < 1.29 is 0 Å². The molecular weight excluding hydrogens is 283 g/mol. The lowest BCUT2D eigenvalue weighted by Gasteiger charge is -2.03. The predicted octanol–water partition coefficient (Wildman–Crippen LogP) is 6.03. The number of hydrogen-bond acceptors (Lipinski definition) is 0. The van der Waals surface area contributed by atoms with E-state index in [0.717, 1.165) is 0 Å². The van der Waals surface area contributed by atoms with Crippen molar-refractivity contribution in [1.82, 2.24) is 0 Å². The van der Waals surface area contributed by atoms with Crippen LogP contribution < -0.4 is 5.30 Å². The van der Waals surface area contributed by atoms with Crippen molar-refractivity contribution in [1.29, 1.82) is 0 Å². The highest BCUT2D eigenvalue weighted by atomic mass is 31.0. The van der Waals surface area contributed by atoms with E-state index in [1.807, 2.05) is 13.8 Å². The fraction of sp³-hybridized carbons (Fsp3) is 0.238. The molecule has 0 aliphatic carbocycles. The van der Waals surface area contributed by atoms with Crippen molar-refractivity contribution in [3.8, 4) is 0 Å². The summed E-state index contributed by atoms with van der Waals surface area (Å²) in [6.07, 6.45) is 4.38. The second kappa shape index (κ2) is 9.38. The third-order valence-electron chi connectivity index (χ3n) is 3.46. The standard InChI is InChI=1S/C19H21P.C2H6/c1-14-4-8-17(9-5-14)15(2)6-7-16(3)18-10-12-19(20)13-11-18;1-2/h4-13H,20H2,1-3H3;1-2H3/b15-6+,16-7+;. The molecule has 0 radical (unpaired) electrons. The van der Waals surface area contributed by atoms with Crippen molar-refractivity contribution in [2.45, 2.75) is 34.6 Å². The number of benzene rings is 2. The second-order valence-corrected chi connectivity index (χ2v) is 5.85. The van der Waals surface area contributed by atoms with Crippen LogP contribution in [0.25, 0.3) is 11.1 Å². The van der Waals surface area contributed by atoms with Gasteiger partial charge in [0.2, 0.25) is 0 Å². The smallest absolute Gasteiger partial charge is 0.0227 e. The Hall–Kier alpha value is -1.65. The quantitative estimate of drug-likeness (QED) is 0.480. The van der Waals surface area contributed by atoms with Gasteiger partial charge in [0.05, 0.1) is 0 Å². The first-order valence-corrected chi connectivity index (χ1v) is 8.42. The minimum atomic E-state index is 1.22. The Kier molecular flexibility index (Phi) is 7.85. The Morgan fingerprint density at radius 2 is 1.09 bits per heavy atom. The molecule has 0 aliphatic heterocycles. The molecule has 0 N–H and O–H groups in total. The van der Waals surface area contributed by atoms with E-state index in [4.69, 9.17) is 0 Å². The van der Waals surface area contributed by atoms with Gasteiger partial charge in [-0.1, -0.05) is 80.1 Å². The Labute approximate surface area is 138 Å². The molecule has 22 heavy (non-hydrogen) atoms. The molecule has 1 heteroatoms. The molecule has 116 valence electrons. The molecule has 0 spiro atoms. The average molecular weight is 310 g/mol. The van der Waals surface area contributed by atoms with Crippen LogP contribution in [0.1, 0.15) is 44.4 Å². The minimum absolute atomic E-state index is 1.22. The van der Waals surface area contributed by atoms with E-state index < -0.39 is 0 Å². The van der Waals surface area contributed by atoms with E-state index >= 15 is 0 Å². The lowest BCUT2D eigenvalue weighted by molar-refractivity contribution is 1.44. The van der Waals surface area contributed by atoms with Crippen LogP contribution >= 0.6 is 9.24 Å². The first-order valence-electron chi connectivity index (χ1n) is 7.84. The van der Waals surface area contributed by atoms with Crippen LogP contribution in [0.15, 0.2) is 60.7 Å². The van der Waals surface area contributed by atoms with Gasteiger partial charge in [-0.3, -0.25) is 0 Å². The van der Waals surface area contributed by atoms with Gasteiger partial charge >= 0.3 is 0 Å². The summed E-state index contributed by atoms with van der Waals surface area (Å²) < 4.78 is 0. The van der Waals surface area contributed by atoms with E-state index in [1.165, 1.54) is 33.1 Å². The van der Waals surface area contributed by atoms with Crippen LogP contribution in [0.3, 0.4) is 0 Å². The van der Waals surface area contributed by atoms with Gasteiger partial charge in [0.15, 0.2) is 0 Å². The number of rotatable bonds is 3. The van der Waals surface area contributed by atoms with Gasteiger partial charge in [-0.2, -0.15) is 0 Å². The minimum Gasteiger partial charge on any atom is -0.106 e. The summed E-state index contributed by atoms with van der Waals surface area (Å²) in [5.74, 6) is 0. The number of hydrogen-bond donors (Lipinski definition) is 0. The van der Waals surface area contributed by atoms with Gasteiger partial charge in [0.1, 0.15) is 0 Å². The zero-order chi connectivity index (χ0) is 16.5. The molecule has 0 aromatic heterocycles. The summed E-state index contributed by atoms with van der Waals surface area (Å²) in [4.78, 5) is 0. The topological polar surface area (TPSA) is 0 Å². The Balaban J connectivity index is 0.00000116. The zero-order valence-corrected chi connectivity index (χ0v) is 15.5. The van der Waals surface area contributed by atoms with Gasteiger partial charge in [0, 0.05) is 0 Å². The van der Waals surface area contributed by atoms with Crippen LogP contribution in [-0.2, 0) is 0 Å². The molecule has 2 aromatic carbocycles. The molecule has 2 rings (SSSR count). The third-order valence-corrected chi connectivity index (χ3v) is 3.84. The summed E-state index contributed by atoms with van der Waals surface area (Å²) in [5, 5.41) is 1.22. The highest BCUT2D eigenvalue weighted by Gasteiger charge is 1.96. The lowest BCUT2D eigenvalue weighted by atomic mass is 10.0. The predicted molar refractivity (Wildman–Crippen MR) is 106 cm³/mol. The molecule has 0 saturated carbocycles. The van der Waals surface area contributed by atoms with Crippen LogP contribution in [0.2, 0.25) is 0 Å². The maximum atomic E-state index is 2.71.